The molecule has 0 aromatic carbocycles. The van der Waals surface area contributed by atoms with Crippen molar-refractivity contribution in [3.63, 3.8) is 0 Å². The van der Waals surface area contributed by atoms with Gasteiger partial charge in [0.05, 0.1) is 11.3 Å². The highest BCUT2D eigenvalue weighted by molar-refractivity contribution is 14.1. The van der Waals surface area contributed by atoms with E-state index in [1.54, 1.807) is 4.31 Å². The zero-order chi connectivity index (χ0) is 19.4. The van der Waals surface area contributed by atoms with Gasteiger partial charge < -0.3 is 16.4 Å². The van der Waals surface area contributed by atoms with E-state index in [4.69, 9.17) is 5.73 Å². The van der Waals surface area contributed by atoms with Gasteiger partial charge in [-0.1, -0.05) is 22.6 Å². The summed E-state index contributed by atoms with van der Waals surface area (Å²) >= 11 is 2.26. The normalized spacial score (nSPS) is 32.8. The summed E-state index contributed by atoms with van der Waals surface area (Å²) in [5, 5.41) is 5.97. The number of halogens is 2. The maximum Gasteiger partial charge on any atom is 0.217 e. The van der Waals surface area contributed by atoms with E-state index >= 15 is 0 Å². The average molecular weight is 517 g/mol. The van der Waals surface area contributed by atoms with Crippen molar-refractivity contribution in [3.8, 4) is 0 Å². The molecule has 3 rings (SSSR count). The average Bonchev–Trinajstić information content (AvgIpc) is 2.67. The number of sulfonamides is 1. The van der Waals surface area contributed by atoms with Gasteiger partial charge >= 0.3 is 0 Å². The van der Waals surface area contributed by atoms with Crippen LogP contribution in [0.4, 0.5) is 4.39 Å². The summed E-state index contributed by atoms with van der Waals surface area (Å²) in [6, 6.07) is -0.436. The van der Waals surface area contributed by atoms with Crippen LogP contribution in [0, 0.1) is 0 Å². The lowest BCUT2D eigenvalue weighted by molar-refractivity contribution is 0.0563. The second-order valence-corrected chi connectivity index (χ2v) is 11.1. The van der Waals surface area contributed by atoms with Crippen molar-refractivity contribution in [2.45, 2.75) is 55.2 Å². The van der Waals surface area contributed by atoms with E-state index in [-0.39, 0.29) is 23.4 Å². The van der Waals surface area contributed by atoms with Gasteiger partial charge in [-0.05, 0) is 51.9 Å². The Morgan fingerprint density at radius 3 is 2.37 bits per heavy atom. The fraction of sp³-hybridized carbons (Fsp3) is 1.00. The minimum absolute atomic E-state index is 0.108. The summed E-state index contributed by atoms with van der Waals surface area (Å²) in [5.74, 6) is 0. The molecular weight excluding hydrogens is 484 g/mol. The fourth-order valence-corrected chi connectivity index (χ4v) is 7.76. The lowest BCUT2D eigenvalue weighted by Crippen LogP contribution is -2.64. The van der Waals surface area contributed by atoms with Crippen LogP contribution >= 0.6 is 22.6 Å². The van der Waals surface area contributed by atoms with Crippen molar-refractivity contribution in [3.05, 3.63) is 0 Å². The van der Waals surface area contributed by atoms with Crippen LogP contribution in [-0.2, 0) is 10.0 Å². The zero-order valence-electron chi connectivity index (χ0n) is 15.8. The van der Waals surface area contributed by atoms with Gasteiger partial charge in [0.15, 0.2) is 0 Å². The Hall–Kier alpha value is 0.410. The first-order chi connectivity index (χ1) is 12.9. The molecule has 4 N–H and O–H groups in total. The number of piperidine rings is 3. The molecule has 158 valence electrons. The molecule has 0 spiro atoms. The Kier molecular flexibility index (Phi) is 8.14. The largest absolute Gasteiger partial charge is 0.325 e. The molecule has 0 aromatic heterocycles. The molecule has 3 unspecified atom stereocenters. The molecule has 3 atom stereocenters. The molecule has 27 heavy (non-hydrogen) atoms. The van der Waals surface area contributed by atoms with E-state index in [0.29, 0.717) is 45.6 Å². The Balaban J connectivity index is 1.64. The zero-order valence-corrected chi connectivity index (χ0v) is 18.8. The summed E-state index contributed by atoms with van der Waals surface area (Å²) in [5.41, 5.74) is 6.13. The number of nitrogens with one attached hydrogen (secondary N) is 2. The minimum Gasteiger partial charge on any atom is -0.325 e. The summed E-state index contributed by atoms with van der Waals surface area (Å²) in [6.45, 7) is 4.49. The molecule has 0 amide bonds. The molecule has 3 fully saturated rings. The van der Waals surface area contributed by atoms with Crippen LogP contribution in [0.5, 0.6) is 0 Å². The van der Waals surface area contributed by atoms with Crippen LogP contribution in [0.25, 0.3) is 0 Å². The molecule has 3 saturated heterocycles. The number of nitrogens with two attached hydrogens (primary N) is 1. The molecule has 0 aliphatic carbocycles. The fourth-order valence-electron chi connectivity index (χ4n) is 4.76. The Labute approximate surface area is 176 Å². The van der Waals surface area contributed by atoms with Gasteiger partial charge in [0.25, 0.3) is 0 Å². The third-order valence-electron chi connectivity index (χ3n) is 6.20. The van der Waals surface area contributed by atoms with Crippen LogP contribution < -0.4 is 16.4 Å². The molecule has 7 nitrogen and oxygen atoms in total. The van der Waals surface area contributed by atoms with Gasteiger partial charge in [-0.15, -0.1) is 0 Å². The van der Waals surface area contributed by atoms with Gasteiger partial charge in [0.2, 0.25) is 10.0 Å². The SMILES string of the molecule is NC1CNCC(F)C1N1CCC(S(=O)(=O)N(CCI)C2CCNCC2)CC1. The van der Waals surface area contributed by atoms with E-state index in [9.17, 15) is 12.8 Å². The van der Waals surface area contributed by atoms with E-state index in [2.05, 4.69) is 38.1 Å². The van der Waals surface area contributed by atoms with Crippen molar-refractivity contribution < 1.29 is 12.8 Å². The number of hydrogen-bond acceptors (Lipinski definition) is 6. The number of hydrogen-bond donors (Lipinski definition) is 3. The van der Waals surface area contributed by atoms with Crippen molar-refractivity contribution in [1.29, 1.82) is 0 Å². The van der Waals surface area contributed by atoms with E-state index in [1.807, 2.05) is 0 Å². The highest BCUT2D eigenvalue weighted by Crippen LogP contribution is 2.28. The second kappa shape index (κ2) is 9.94. The molecule has 10 heteroatoms. The standard InChI is InChI=1S/C17H33FIN5O2S/c18-15-11-22-12-16(20)17(15)23-8-3-14(4-9-23)27(25,26)24(10-5-19)13-1-6-21-7-2-13/h13-17,21-22H,1-12,20H2. The maximum atomic E-state index is 14.4. The lowest BCUT2D eigenvalue weighted by atomic mass is 9.95. The van der Waals surface area contributed by atoms with Gasteiger partial charge in [0.1, 0.15) is 6.17 Å². The van der Waals surface area contributed by atoms with Gasteiger partial charge in [0, 0.05) is 36.1 Å². The first-order valence-electron chi connectivity index (χ1n) is 10.1. The molecule has 0 bridgehead atoms. The number of nitrogens with zero attached hydrogens (tertiary/aromatic N) is 2. The Morgan fingerprint density at radius 1 is 1.11 bits per heavy atom. The van der Waals surface area contributed by atoms with E-state index < -0.39 is 16.2 Å². The smallest absolute Gasteiger partial charge is 0.217 e. The van der Waals surface area contributed by atoms with Crippen molar-refractivity contribution >= 4 is 32.6 Å². The van der Waals surface area contributed by atoms with Gasteiger partial charge in [-0.3, -0.25) is 4.90 Å². The third kappa shape index (κ3) is 5.13. The molecule has 3 heterocycles. The summed E-state index contributed by atoms with van der Waals surface area (Å²) in [7, 11) is -3.33. The Morgan fingerprint density at radius 2 is 1.78 bits per heavy atom. The van der Waals surface area contributed by atoms with Crippen LogP contribution in [0.1, 0.15) is 25.7 Å². The second-order valence-electron chi connectivity index (χ2n) is 7.89. The third-order valence-corrected chi connectivity index (χ3v) is 9.13. The predicted molar refractivity (Wildman–Crippen MR) is 115 cm³/mol. The van der Waals surface area contributed by atoms with Crippen molar-refractivity contribution in [2.75, 3.05) is 50.2 Å². The quantitative estimate of drug-likeness (QED) is 0.337. The van der Waals surface area contributed by atoms with Gasteiger partial charge in [-0.2, -0.15) is 4.31 Å². The highest BCUT2D eigenvalue weighted by atomic mass is 127. The number of alkyl halides is 2. The monoisotopic (exact) mass is 517 g/mol. The van der Waals surface area contributed by atoms with Crippen LogP contribution in [0.2, 0.25) is 0 Å². The van der Waals surface area contributed by atoms with Crippen LogP contribution in [0.3, 0.4) is 0 Å². The summed E-state index contributed by atoms with van der Waals surface area (Å²) < 4.78 is 43.7. The van der Waals surface area contributed by atoms with Gasteiger partial charge in [-0.25, -0.2) is 12.8 Å². The molecule has 0 aromatic rings. The van der Waals surface area contributed by atoms with E-state index in [1.165, 1.54) is 0 Å². The first-order valence-corrected chi connectivity index (χ1v) is 13.1. The number of rotatable bonds is 6. The molecule has 3 aliphatic rings. The lowest BCUT2D eigenvalue weighted by Gasteiger charge is -2.44. The van der Waals surface area contributed by atoms with Crippen LogP contribution in [-0.4, -0.2) is 97.4 Å². The van der Waals surface area contributed by atoms with Crippen molar-refractivity contribution in [2.24, 2.45) is 5.73 Å². The summed E-state index contributed by atoms with van der Waals surface area (Å²) in [4.78, 5) is 2.08. The maximum absolute atomic E-state index is 14.4. The predicted octanol–water partition coefficient (Wildman–Crippen LogP) is -0.0932. The number of likely N-dealkylation sites (tertiary alicyclic amines) is 1. The van der Waals surface area contributed by atoms with Crippen LogP contribution in [0.15, 0.2) is 0 Å². The van der Waals surface area contributed by atoms with E-state index in [0.717, 1.165) is 30.4 Å². The van der Waals surface area contributed by atoms with Crippen molar-refractivity contribution in [1.82, 2.24) is 19.8 Å². The first kappa shape index (κ1) is 22.1. The minimum atomic E-state index is -3.33. The molecular formula is C17H33FIN5O2S. The topological polar surface area (TPSA) is 90.7 Å². The Bertz CT molecular complexity index is 560. The summed E-state index contributed by atoms with van der Waals surface area (Å²) in [6.07, 6.45) is 1.89. The molecule has 0 radical (unpaired) electrons. The molecule has 3 aliphatic heterocycles. The highest BCUT2D eigenvalue weighted by Gasteiger charge is 2.42. The molecule has 0 saturated carbocycles.